The van der Waals surface area contributed by atoms with E-state index in [2.05, 4.69) is 5.32 Å². The van der Waals surface area contributed by atoms with Crippen LogP contribution in [0.1, 0.15) is 25.0 Å². The van der Waals surface area contributed by atoms with Crippen molar-refractivity contribution in [2.45, 2.75) is 32.2 Å². The molecule has 29 heavy (non-hydrogen) atoms. The van der Waals surface area contributed by atoms with Crippen LogP contribution >= 0.6 is 0 Å². The van der Waals surface area contributed by atoms with Crippen molar-refractivity contribution in [3.05, 3.63) is 59.4 Å². The Hall–Kier alpha value is -2.29. The van der Waals surface area contributed by atoms with Crippen LogP contribution in [0, 0.1) is 12.7 Å². The van der Waals surface area contributed by atoms with E-state index >= 15 is 0 Å². The van der Waals surface area contributed by atoms with Crippen LogP contribution in [0.2, 0.25) is 0 Å². The van der Waals surface area contributed by atoms with Crippen molar-refractivity contribution in [2.75, 3.05) is 32.0 Å². The van der Waals surface area contributed by atoms with Crippen molar-refractivity contribution < 1.29 is 22.5 Å². The molecule has 8 heteroatoms. The first-order chi connectivity index (χ1) is 13.7. The highest BCUT2D eigenvalue weighted by molar-refractivity contribution is 7.89. The number of halogens is 1. The van der Waals surface area contributed by atoms with Crippen molar-refractivity contribution in [1.29, 1.82) is 0 Å². The molecule has 2 aromatic rings. The lowest BCUT2D eigenvalue weighted by Gasteiger charge is -2.20. The number of nitrogens with one attached hydrogen (secondary N) is 2. The number of nitrogens with zero attached hydrogens (tertiary/aromatic N) is 1. The zero-order valence-electron chi connectivity index (χ0n) is 17.3. The van der Waals surface area contributed by atoms with Crippen LogP contribution in [0.4, 0.5) is 10.1 Å². The van der Waals surface area contributed by atoms with E-state index in [9.17, 15) is 17.6 Å². The van der Waals surface area contributed by atoms with Crippen LogP contribution in [0.25, 0.3) is 0 Å². The molecule has 0 spiro atoms. The Morgan fingerprint density at radius 2 is 1.72 bits per heavy atom. The molecule has 2 rings (SSSR count). The largest absolute Gasteiger partial charge is 0.326 e. The number of carbonyl (C=O) groups is 1. The first kappa shape index (κ1) is 23.0. The summed E-state index contributed by atoms with van der Waals surface area (Å²) in [5, 5.41) is 2.82. The number of aryl methyl sites for hydroxylation is 1. The quantitative estimate of drug-likeness (QED) is 0.648. The fourth-order valence-electron chi connectivity index (χ4n) is 3.09. The van der Waals surface area contributed by atoms with Gasteiger partial charge >= 0.3 is 0 Å². The van der Waals surface area contributed by atoms with E-state index < -0.39 is 10.0 Å². The van der Waals surface area contributed by atoms with E-state index in [4.69, 9.17) is 0 Å². The maximum absolute atomic E-state index is 13.0. The molecule has 1 amide bonds. The first-order valence-electron chi connectivity index (χ1n) is 9.63. The molecule has 0 aliphatic rings. The van der Waals surface area contributed by atoms with Crippen LogP contribution in [-0.2, 0) is 21.4 Å². The molecular formula is C21H29FN3O3S+. The Morgan fingerprint density at radius 3 is 2.31 bits per heavy atom. The summed E-state index contributed by atoms with van der Waals surface area (Å²) in [7, 11) is -1.73. The summed E-state index contributed by atoms with van der Waals surface area (Å²) in [6.45, 7) is 6.93. The number of hydrogen-bond donors (Lipinski definition) is 2. The van der Waals surface area contributed by atoms with E-state index in [0.29, 0.717) is 25.3 Å². The molecule has 0 heterocycles. The van der Waals surface area contributed by atoms with E-state index in [1.54, 1.807) is 38.1 Å². The van der Waals surface area contributed by atoms with Crippen molar-refractivity contribution in [3.63, 3.8) is 0 Å². The molecule has 158 valence electrons. The third-order valence-corrected chi connectivity index (χ3v) is 6.75. The average Bonchev–Trinajstić information content (AvgIpc) is 2.66. The number of anilines is 1. The third-order valence-electron chi connectivity index (χ3n) is 4.71. The minimum atomic E-state index is -3.60. The van der Waals surface area contributed by atoms with Gasteiger partial charge < -0.3 is 10.2 Å². The van der Waals surface area contributed by atoms with Crippen molar-refractivity contribution >= 4 is 21.6 Å². The fourth-order valence-corrected chi connectivity index (χ4v) is 4.58. The van der Waals surface area contributed by atoms with E-state index in [0.717, 1.165) is 16.0 Å². The first-order valence-corrected chi connectivity index (χ1v) is 11.1. The Balaban J connectivity index is 2.08. The maximum Gasteiger partial charge on any atom is 0.279 e. The second-order valence-corrected chi connectivity index (χ2v) is 8.99. The third kappa shape index (κ3) is 6.09. The standard InChI is InChI=1S/C21H28FN3O3S/c1-5-25(6-2)29(27,28)19-12-7-16(3)20(13-19)23-21(26)15-24(4)14-17-8-10-18(22)11-9-17/h7-13H,5-6,14-15H2,1-4H3,(H,23,26)/p+1. The van der Waals surface area contributed by atoms with Gasteiger partial charge in [-0.05, 0) is 36.8 Å². The highest BCUT2D eigenvalue weighted by Crippen LogP contribution is 2.22. The lowest BCUT2D eigenvalue weighted by Crippen LogP contribution is -3.08. The van der Waals surface area contributed by atoms with E-state index in [1.807, 2.05) is 14.0 Å². The number of amides is 1. The number of hydrogen-bond acceptors (Lipinski definition) is 3. The molecule has 0 aliphatic carbocycles. The molecule has 6 nitrogen and oxygen atoms in total. The maximum atomic E-state index is 13.0. The number of sulfonamides is 1. The molecule has 2 N–H and O–H groups in total. The normalized spacial score (nSPS) is 12.8. The summed E-state index contributed by atoms with van der Waals surface area (Å²) in [5.74, 6) is -0.510. The van der Waals surface area contributed by atoms with E-state index in [1.165, 1.54) is 22.5 Å². The summed E-state index contributed by atoms with van der Waals surface area (Å²) >= 11 is 0. The molecule has 0 aliphatic heterocycles. The molecule has 0 radical (unpaired) electrons. The number of likely N-dealkylation sites (N-methyl/N-ethyl adjacent to an activating group) is 1. The van der Waals surface area contributed by atoms with Gasteiger partial charge in [0, 0.05) is 24.3 Å². The molecule has 1 atom stereocenters. The average molecular weight is 423 g/mol. The van der Waals surface area contributed by atoms with E-state index in [-0.39, 0.29) is 23.2 Å². The molecule has 0 bridgehead atoms. The fraction of sp³-hybridized carbons (Fsp3) is 0.381. The Bertz CT molecular complexity index is 942. The number of carbonyl (C=O) groups excluding carboxylic acids is 1. The van der Waals surface area contributed by atoms with Crippen LogP contribution in [0.15, 0.2) is 47.4 Å². The van der Waals surface area contributed by atoms with Gasteiger partial charge in [-0.25, -0.2) is 12.8 Å². The number of quaternary nitrogens is 1. The summed E-state index contributed by atoms with van der Waals surface area (Å²) in [6.07, 6.45) is 0. The van der Waals surface area contributed by atoms with Crippen LogP contribution in [0.3, 0.4) is 0 Å². The topological polar surface area (TPSA) is 70.9 Å². The van der Waals surface area contributed by atoms with Crippen molar-refractivity contribution in [2.24, 2.45) is 0 Å². The zero-order chi connectivity index (χ0) is 21.6. The smallest absolute Gasteiger partial charge is 0.279 e. The molecule has 2 aromatic carbocycles. The second kappa shape index (κ2) is 9.96. The van der Waals surface area contributed by atoms with Gasteiger partial charge in [-0.1, -0.05) is 32.0 Å². The molecule has 0 fully saturated rings. The van der Waals surface area contributed by atoms with Gasteiger partial charge in [0.25, 0.3) is 5.91 Å². The predicted octanol–water partition coefficient (Wildman–Crippen LogP) is 1.82. The SMILES string of the molecule is CCN(CC)S(=O)(=O)c1ccc(C)c(NC(=O)C[NH+](C)Cc2ccc(F)cc2)c1. The molecule has 0 saturated heterocycles. The molecule has 1 unspecified atom stereocenters. The van der Waals surface area contributed by atoms with Gasteiger partial charge in [-0.3, -0.25) is 4.79 Å². The van der Waals surface area contributed by atoms with Gasteiger partial charge in [0.2, 0.25) is 10.0 Å². The van der Waals surface area contributed by atoms with Gasteiger partial charge in [-0.15, -0.1) is 0 Å². The van der Waals surface area contributed by atoms with Gasteiger partial charge in [0.05, 0.1) is 11.9 Å². The van der Waals surface area contributed by atoms with Crippen LogP contribution < -0.4 is 10.2 Å². The highest BCUT2D eigenvalue weighted by atomic mass is 32.2. The van der Waals surface area contributed by atoms with Crippen molar-refractivity contribution in [1.82, 2.24) is 4.31 Å². The van der Waals surface area contributed by atoms with Crippen molar-refractivity contribution in [3.8, 4) is 0 Å². The lowest BCUT2D eigenvalue weighted by molar-refractivity contribution is -0.885. The Morgan fingerprint density at radius 1 is 1.10 bits per heavy atom. The van der Waals surface area contributed by atoms with Gasteiger partial charge in [-0.2, -0.15) is 4.31 Å². The summed E-state index contributed by atoms with van der Waals surface area (Å²) < 4.78 is 39.9. The highest BCUT2D eigenvalue weighted by Gasteiger charge is 2.22. The van der Waals surface area contributed by atoms with Crippen LogP contribution in [-0.4, -0.2) is 45.3 Å². The number of benzene rings is 2. The van der Waals surface area contributed by atoms with Gasteiger partial charge in [0.15, 0.2) is 6.54 Å². The second-order valence-electron chi connectivity index (χ2n) is 7.05. The Labute approximate surface area is 172 Å². The molecular weight excluding hydrogens is 393 g/mol. The van der Waals surface area contributed by atoms with Gasteiger partial charge in [0.1, 0.15) is 12.4 Å². The number of rotatable bonds is 9. The monoisotopic (exact) mass is 422 g/mol. The summed E-state index contributed by atoms with van der Waals surface area (Å²) in [6, 6.07) is 11.0. The Kier molecular flexibility index (Phi) is 7.89. The zero-order valence-corrected chi connectivity index (χ0v) is 18.1. The molecule has 0 aromatic heterocycles. The molecule has 0 saturated carbocycles. The summed E-state index contributed by atoms with van der Waals surface area (Å²) in [5.41, 5.74) is 2.20. The van der Waals surface area contributed by atoms with Crippen LogP contribution in [0.5, 0.6) is 0 Å². The predicted molar refractivity (Wildman–Crippen MR) is 112 cm³/mol. The minimum absolute atomic E-state index is 0.161. The minimum Gasteiger partial charge on any atom is -0.326 e. The lowest BCUT2D eigenvalue weighted by atomic mass is 10.2. The summed E-state index contributed by atoms with van der Waals surface area (Å²) in [4.78, 5) is 13.6.